The number of hydrogen-bond donors (Lipinski definition) is 1. The number of alkyl halides is 3. The standard InChI is InChI=1S/C27H29Cl2F3N2O3/c1-15-11-17(27(30,31)32)12-23-20(15)13-18(33(23)2)14-21-22(28)5-4-19(25(21)29)26(37)34-9-7-16(8-10-34)3-6-24(35)36/h4-5,12-13,15-16H,3,6-11,14H2,1-2H3,(H,35,36). The highest BCUT2D eigenvalue weighted by Gasteiger charge is 2.38. The van der Waals surface area contributed by atoms with Gasteiger partial charge in [0, 0.05) is 55.0 Å². The molecule has 1 atom stereocenters. The van der Waals surface area contributed by atoms with E-state index in [1.165, 1.54) is 6.08 Å². The Morgan fingerprint density at radius 3 is 2.46 bits per heavy atom. The Hall–Kier alpha value is -2.45. The lowest BCUT2D eigenvalue weighted by atomic mass is 9.87. The second kappa shape index (κ2) is 10.7. The van der Waals surface area contributed by atoms with Gasteiger partial charge < -0.3 is 14.6 Å². The van der Waals surface area contributed by atoms with Crippen molar-refractivity contribution in [2.75, 3.05) is 13.1 Å². The first kappa shape index (κ1) is 27.6. The molecule has 2 aromatic rings. The molecule has 0 saturated carbocycles. The number of amides is 1. The molecular formula is C27H29Cl2F3N2O3. The number of hydrogen-bond acceptors (Lipinski definition) is 2. The van der Waals surface area contributed by atoms with E-state index in [1.54, 1.807) is 35.6 Å². The number of piperidine rings is 1. The molecule has 1 N–H and O–H groups in total. The molecule has 200 valence electrons. The maximum Gasteiger partial charge on any atom is 0.412 e. The van der Waals surface area contributed by atoms with Crippen LogP contribution >= 0.6 is 23.2 Å². The second-order valence-corrected chi connectivity index (χ2v) is 10.8. The van der Waals surface area contributed by atoms with Crippen LogP contribution in [0.5, 0.6) is 0 Å². The van der Waals surface area contributed by atoms with E-state index in [-0.39, 0.29) is 42.0 Å². The van der Waals surface area contributed by atoms with Crippen molar-refractivity contribution in [1.29, 1.82) is 0 Å². The molecule has 5 nitrogen and oxygen atoms in total. The summed E-state index contributed by atoms with van der Waals surface area (Å²) in [7, 11) is 1.72. The molecule has 1 aliphatic heterocycles. The summed E-state index contributed by atoms with van der Waals surface area (Å²) in [6.45, 7) is 2.83. The van der Waals surface area contributed by atoms with Crippen LogP contribution in [0, 0.1) is 5.92 Å². The van der Waals surface area contributed by atoms with Crippen LogP contribution in [0.1, 0.15) is 77.8 Å². The summed E-state index contributed by atoms with van der Waals surface area (Å²) in [5.41, 5.74) is 2.45. The number of aromatic nitrogens is 1. The van der Waals surface area contributed by atoms with Gasteiger partial charge in [-0.1, -0.05) is 30.1 Å². The molecule has 1 unspecified atom stereocenters. The van der Waals surface area contributed by atoms with Crippen molar-refractivity contribution in [3.8, 4) is 0 Å². The third-order valence-electron chi connectivity index (χ3n) is 7.58. The van der Waals surface area contributed by atoms with Crippen LogP contribution in [0.3, 0.4) is 0 Å². The highest BCUT2D eigenvalue weighted by Crippen LogP contribution is 2.42. The number of nitrogens with zero attached hydrogens (tertiary/aromatic N) is 2. The van der Waals surface area contributed by atoms with Gasteiger partial charge in [0.15, 0.2) is 0 Å². The molecule has 2 aliphatic rings. The Kier molecular flexibility index (Phi) is 8.00. The highest BCUT2D eigenvalue weighted by atomic mass is 35.5. The lowest BCUT2D eigenvalue weighted by Crippen LogP contribution is -2.38. The minimum Gasteiger partial charge on any atom is -0.481 e. The molecular weight excluding hydrogens is 528 g/mol. The molecule has 4 rings (SSSR count). The summed E-state index contributed by atoms with van der Waals surface area (Å²) in [5, 5.41) is 9.52. The van der Waals surface area contributed by atoms with Crippen molar-refractivity contribution in [1.82, 2.24) is 9.47 Å². The van der Waals surface area contributed by atoms with Crippen molar-refractivity contribution in [2.45, 2.75) is 57.5 Å². The molecule has 1 aliphatic carbocycles. The van der Waals surface area contributed by atoms with Crippen molar-refractivity contribution in [2.24, 2.45) is 13.0 Å². The van der Waals surface area contributed by atoms with Gasteiger partial charge in [0.2, 0.25) is 0 Å². The Morgan fingerprint density at radius 1 is 1.16 bits per heavy atom. The van der Waals surface area contributed by atoms with Crippen LogP contribution in [0.2, 0.25) is 10.0 Å². The summed E-state index contributed by atoms with van der Waals surface area (Å²) in [6, 6.07) is 5.12. The Morgan fingerprint density at radius 2 is 1.84 bits per heavy atom. The monoisotopic (exact) mass is 556 g/mol. The number of carboxylic acids is 1. The minimum atomic E-state index is -4.37. The lowest BCUT2D eigenvalue weighted by molar-refractivity contribution is -0.137. The molecule has 1 fully saturated rings. The average Bonchev–Trinajstić information content (AvgIpc) is 3.15. The Labute approximate surface area is 223 Å². The lowest BCUT2D eigenvalue weighted by Gasteiger charge is -2.32. The fourth-order valence-corrected chi connectivity index (χ4v) is 5.92. The third kappa shape index (κ3) is 5.85. The molecule has 0 radical (unpaired) electrons. The largest absolute Gasteiger partial charge is 0.481 e. The zero-order chi connectivity index (χ0) is 27.1. The number of carboxylic acid groups (broad SMARTS) is 1. The van der Waals surface area contributed by atoms with Crippen molar-refractivity contribution < 1.29 is 27.9 Å². The second-order valence-electron chi connectivity index (χ2n) is 10.0. The van der Waals surface area contributed by atoms with Crippen LogP contribution in [0.15, 0.2) is 23.8 Å². The SMILES string of the molecule is CC1CC(C(F)(F)F)=Cc2c1cc(Cc1c(Cl)ccc(C(=O)N3CCC(CCC(=O)O)CC3)c1Cl)n2C. The van der Waals surface area contributed by atoms with E-state index in [4.69, 9.17) is 28.3 Å². The van der Waals surface area contributed by atoms with E-state index in [1.807, 2.05) is 6.07 Å². The average molecular weight is 557 g/mol. The summed E-state index contributed by atoms with van der Waals surface area (Å²) >= 11 is 13.2. The van der Waals surface area contributed by atoms with E-state index >= 15 is 0 Å². The predicted molar refractivity (Wildman–Crippen MR) is 137 cm³/mol. The number of aliphatic carboxylic acids is 1. The fourth-order valence-electron chi connectivity index (χ4n) is 5.33. The molecule has 0 spiro atoms. The third-order valence-corrected chi connectivity index (χ3v) is 8.37. The van der Waals surface area contributed by atoms with Crippen LogP contribution < -0.4 is 0 Å². The van der Waals surface area contributed by atoms with Gasteiger partial charge in [-0.15, -0.1) is 0 Å². The molecule has 37 heavy (non-hydrogen) atoms. The topological polar surface area (TPSA) is 62.5 Å². The minimum absolute atomic E-state index is 0.0710. The van der Waals surface area contributed by atoms with E-state index < -0.39 is 17.7 Å². The number of rotatable bonds is 6. The Balaban J connectivity index is 1.55. The van der Waals surface area contributed by atoms with Crippen molar-refractivity contribution >= 4 is 41.2 Å². The maximum absolute atomic E-state index is 13.4. The molecule has 1 amide bonds. The number of likely N-dealkylation sites (tertiary alicyclic amines) is 1. The van der Waals surface area contributed by atoms with Crippen LogP contribution in [0.25, 0.3) is 6.08 Å². The van der Waals surface area contributed by atoms with Crippen LogP contribution in [-0.4, -0.2) is 45.7 Å². The predicted octanol–water partition coefficient (Wildman–Crippen LogP) is 7.09. The molecule has 1 aromatic heterocycles. The Bertz CT molecular complexity index is 1240. The van der Waals surface area contributed by atoms with Crippen LogP contribution in [-0.2, 0) is 18.3 Å². The first-order chi connectivity index (χ1) is 17.4. The molecule has 10 heteroatoms. The first-order valence-electron chi connectivity index (χ1n) is 12.3. The molecule has 1 aromatic carbocycles. The van der Waals surface area contributed by atoms with Gasteiger partial charge in [-0.25, -0.2) is 0 Å². The number of carbonyl (C=O) groups is 2. The van der Waals surface area contributed by atoms with E-state index in [2.05, 4.69) is 0 Å². The molecule has 2 heterocycles. The van der Waals surface area contributed by atoms with E-state index in [0.29, 0.717) is 41.4 Å². The highest BCUT2D eigenvalue weighted by molar-refractivity contribution is 6.38. The molecule has 1 saturated heterocycles. The number of allylic oxidation sites excluding steroid dienone is 1. The van der Waals surface area contributed by atoms with Gasteiger partial charge in [-0.3, -0.25) is 9.59 Å². The van der Waals surface area contributed by atoms with Gasteiger partial charge in [0.25, 0.3) is 5.91 Å². The van der Waals surface area contributed by atoms with E-state index in [0.717, 1.165) is 24.1 Å². The smallest absolute Gasteiger partial charge is 0.412 e. The summed E-state index contributed by atoms with van der Waals surface area (Å²) in [4.78, 5) is 25.9. The number of halogens is 5. The van der Waals surface area contributed by atoms with Gasteiger partial charge in [0.1, 0.15) is 0 Å². The van der Waals surface area contributed by atoms with Gasteiger partial charge in [0.05, 0.1) is 10.6 Å². The van der Waals surface area contributed by atoms with Crippen molar-refractivity contribution in [3.63, 3.8) is 0 Å². The zero-order valence-corrected chi connectivity index (χ0v) is 22.2. The fraction of sp³-hybridized carbons (Fsp3) is 0.481. The van der Waals surface area contributed by atoms with Gasteiger partial charge in [-0.05, 0) is 72.9 Å². The van der Waals surface area contributed by atoms with Crippen molar-refractivity contribution in [3.05, 3.63) is 61.9 Å². The van der Waals surface area contributed by atoms with Crippen LogP contribution in [0.4, 0.5) is 13.2 Å². The van der Waals surface area contributed by atoms with Gasteiger partial charge >= 0.3 is 12.1 Å². The summed E-state index contributed by atoms with van der Waals surface area (Å²) in [5.74, 6) is -1.04. The summed E-state index contributed by atoms with van der Waals surface area (Å²) < 4.78 is 41.9. The number of benzene rings is 1. The zero-order valence-electron chi connectivity index (χ0n) is 20.7. The summed E-state index contributed by atoms with van der Waals surface area (Å²) in [6.07, 6.45) is -0.776. The maximum atomic E-state index is 13.4. The van der Waals surface area contributed by atoms with Gasteiger partial charge in [-0.2, -0.15) is 13.2 Å². The number of fused-ring (bicyclic) bond motifs is 1. The number of carbonyl (C=O) groups excluding carboxylic acids is 1. The van der Waals surface area contributed by atoms with E-state index in [9.17, 15) is 22.8 Å². The molecule has 0 bridgehead atoms. The first-order valence-corrected chi connectivity index (χ1v) is 13.1. The normalized spacial score (nSPS) is 18.5. The quantitative estimate of drug-likeness (QED) is 0.413.